The maximum Gasteiger partial charge on any atom is 0.255 e. The van der Waals surface area contributed by atoms with Crippen LogP contribution in [0, 0.1) is 0 Å². The van der Waals surface area contributed by atoms with Crippen LogP contribution in [0.5, 0.6) is 5.75 Å². The normalized spacial score (nSPS) is 17.9. The van der Waals surface area contributed by atoms with E-state index in [0.717, 1.165) is 0 Å². The van der Waals surface area contributed by atoms with Gasteiger partial charge in [-0.25, -0.2) is 0 Å². The average molecular weight is 306 g/mol. The molecule has 1 aliphatic heterocycles. The molecule has 1 atom stereocenters. The highest BCUT2D eigenvalue weighted by atomic mass is 16.5. The van der Waals surface area contributed by atoms with Gasteiger partial charge in [0.15, 0.2) is 0 Å². The van der Waals surface area contributed by atoms with E-state index < -0.39 is 0 Å². The summed E-state index contributed by atoms with van der Waals surface area (Å²) in [5, 5.41) is 2.66. The molecule has 0 unspecified atom stereocenters. The predicted molar refractivity (Wildman–Crippen MR) is 81.9 cm³/mol. The quantitative estimate of drug-likeness (QED) is 0.883. The van der Waals surface area contributed by atoms with E-state index in [2.05, 4.69) is 5.32 Å². The van der Waals surface area contributed by atoms with Crippen LogP contribution in [-0.4, -0.2) is 55.7 Å². The van der Waals surface area contributed by atoms with Crippen molar-refractivity contribution in [2.75, 3.05) is 32.8 Å². The zero-order valence-corrected chi connectivity index (χ0v) is 13.0. The van der Waals surface area contributed by atoms with E-state index in [-0.39, 0.29) is 24.5 Å². The molecule has 0 spiro atoms. The van der Waals surface area contributed by atoms with Crippen molar-refractivity contribution in [2.45, 2.75) is 20.0 Å². The number of nitrogens with zero attached hydrogens (tertiary/aromatic N) is 1. The highest BCUT2D eigenvalue weighted by molar-refractivity contribution is 5.98. The molecule has 1 N–H and O–H groups in total. The zero-order chi connectivity index (χ0) is 15.9. The molecule has 0 radical (unpaired) electrons. The monoisotopic (exact) mass is 306 g/mol. The van der Waals surface area contributed by atoms with E-state index in [1.807, 2.05) is 19.9 Å². The molecule has 22 heavy (non-hydrogen) atoms. The Labute approximate surface area is 130 Å². The standard InChI is InChI=1S/C16H22N2O4/c1-3-21-14-7-5-4-6-13(14)16(20)17-10-15(19)18-8-9-22-12(2)11-18/h4-7,12H,3,8-11H2,1-2H3,(H,17,20)/t12-/m0/s1. The maximum atomic E-state index is 12.2. The van der Waals surface area contributed by atoms with Gasteiger partial charge in [0.1, 0.15) is 5.75 Å². The van der Waals surface area contributed by atoms with Crippen LogP contribution >= 0.6 is 0 Å². The lowest BCUT2D eigenvalue weighted by atomic mass is 10.2. The Bertz CT molecular complexity index is 533. The summed E-state index contributed by atoms with van der Waals surface area (Å²) in [6.45, 7) is 5.90. The molecule has 1 aromatic carbocycles. The van der Waals surface area contributed by atoms with Crippen molar-refractivity contribution >= 4 is 11.8 Å². The Balaban J connectivity index is 1.91. The Hall–Kier alpha value is -2.08. The smallest absolute Gasteiger partial charge is 0.255 e. The van der Waals surface area contributed by atoms with Crippen molar-refractivity contribution in [3.05, 3.63) is 29.8 Å². The molecule has 0 aliphatic carbocycles. The van der Waals surface area contributed by atoms with Crippen molar-refractivity contribution in [1.82, 2.24) is 10.2 Å². The first kappa shape index (κ1) is 16.3. The lowest BCUT2D eigenvalue weighted by Crippen LogP contribution is -2.48. The first-order valence-corrected chi connectivity index (χ1v) is 7.51. The van der Waals surface area contributed by atoms with Crippen LogP contribution in [0.1, 0.15) is 24.2 Å². The fourth-order valence-electron chi connectivity index (χ4n) is 2.34. The summed E-state index contributed by atoms with van der Waals surface area (Å²) in [5.41, 5.74) is 0.437. The number of para-hydroxylation sites is 1. The van der Waals surface area contributed by atoms with Gasteiger partial charge >= 0.3 is 0 Å². The number of carbonyl (C=O) groups is 2. The largest absolute Gasteiger partial charge is 0.493 e. The van der Waals surface area contributed by atoms with Crippen LogP contribution in [-0.2, 0) is 9.53 Å². The second-order valence-corrected chi connectivity index (χ2v) is 5.13. The molecule has 1 aromatic rings. The van der Waals surface area contributed by atoms with Crippen LogP contribution < -0.4 is 10.1 Å². The van der Waals surface area contributed by atoms with Crippen molar-refractivity contribution in [2.24, 2.45) is 0 Å². The SMILES string of the molecule is CCOc1ccccc1C(=O)NCC(=O)N1CCO[C@@H](C)C1. The van der Waals surface area contributed by atoms with Gasteiger partial charge in [0.05, 0.1) is 31.4 Å². The molecule has 0 saturated carbocycles. The second-order valence-electron chi connectivity index (χ2n) is 5.13. The minimum Gasteiger partial charge on any atom is -0.493 e. The number of nitrogens with one attached hydrogen (secondary N) is 1. The average Bonchev–Trinajstić information content (AvgIpc) is 2.53. The van der Waals surface area contributed by atoms with Crippen LogP contribution in [0.15, 0.2) is 24.3 Å². The molecule has 1 fully saturated rings. The Morgan fingerprint density at radius 1 is 1.41 bits per heavy atom. The van der Waals surface area contributed by atoms with Gasteiger partial charge in [-0.1, -0.05) is 12.1 Å². The number of morpholine rings is 1. The Kier molecular flexibility index (Phi) is 5.77. The maximum absolute atomic E-state index is 12.2. The highest BCUT2D eigenvalue weighted by Gasteiger charge is 2.22. The van der Waals surface area contributed by atoms with Crippen LogP contribution in [0.2, 0.25) is 0 Å². The third-order valence-electron chi connectivity index (χ3n) is 3.43. The molecule has 0 bridgehead atoms. The third-order valence-corrected chi connectivity index (χ3v) is 3.43. The van der Waals surface area contributed by atoms with Crippen LogP contribution in [0.25, 0.3) is 0 Å². The lowest BCUT2D eigenvalue weighted by Gasteiger charge is -2.31. The van der Waals surface area contributed by atoms with Gasteiger partial charge in [-0.3, -0.25) is 9.59 Å². The Morgan fingerprint density at radius 3 is 2.91 bits per heavy atom. The summed E-state index contributed by atoms with van der Waals surface area (Å²) in [4.78, 5) is 26.0. The van der Waals surface area contributed by atoms with E-state index in [0.29, 0.717) is 37.6 Å². The summed E-state index contributed by atoms with van der Waals surface area (Å²) in [5.74, 6) is 0.117. The summed E-state index contributed by atoms with van der Waals surface area (Å²) >= 11 is 0. The molecule has 0 aromatic heterocycles. The first-order valence-electron chi connectivity index (χ1n) is 7.51. The Morgan fingerprint density at radius 2 is 2.18 bits per heavy atom. The number of amides is 2. The number of hydrogen-bond acceptors (Lipinski definition) is 4. The van der Waals surface area contributed by atoms with Gasteiger partial charge in [-0.15, -0.1) is 0 Å². The molecule has 1 aliphatic rings. The van der Waals surface area contributed by atoms with Crippen LogP contribution in [0.4, 0.5) is 0 Å². The predicted octanol–water partition coefficient (Wildman–Crippen LogP) is 1.06. The van der Waals surface area contributed by atoms with E-state index in [1.54, 1.807) is 23.1 Å². The number of ether oxygens (including phenoxy) is 2. The molecule has 120 valence electrons. The minimum atomic E-state index is -0.307. The van der Waals surface area contributed by atoms with Crippen molar-refractivity contribution in [3.8, 4) is 5.75 Å². The van der Waals surface area contributed by atoms with Crippen molar-refractivity contribution in [1.29, 1.82) is 0 Å². The molecule has 1 saturated heterocycles. The second kappa shape index (κ2) is 7.79. The number of carbonyl (C=O) groups excluding carboxylic acids is 2. The van der Waals surface area contributed by atoms with Crippen molar-refractivity contribution in [3.63, 3.8) is 0 Å². The van der Waals surface area contributed by atoms with Crippen LogP contribution in [0.3, 0.4) is 0 Å². The summed E-state index contributed by atoms with van der Waals surface area (Å²) in [6.07, 6.45) is 0.0343. The lowest BCUT2D eigenvalue weighted by molar-refractivity contribution is -0.137. The molecular formula is C16H22N2O4. The number of hydrogen-bond donors (Lipinski definition) is 1. The van der Waals surface area contributed by atoms with Gasteiger partial charge in [0.2, 0.25) is 5.91 Å². The summed E-state index contributed by atoms with van der Waals surface area (Å²) in [6, 6.07) is 7.00. The van der Waals surface area contributed by atoms with E-state index in [4.69, 9.17) is 9.47 Å². The highest BCUT2D eigenvalue weighted by Crippen LogP contribution is 2.17. The van der Waals surface area contributed by atoms with E-state index in [9.17, 15) is 9.59 Å². The molecule has 6 nitrogen and oxygen atoms in total. The van der Waals surface area contributed by atoms with Gasteiger partial charge < -0.3 is 19.7 Å². The van der Waals surface area contributed by atoms with Gasteiger partial charge in [0, 0.05) is 13.1 Å². The fourth-order valence-corrected chi connectivity index (χ4v) is 2.34. The van der Waals surface area contributed by atoms with Gasteiger partial charge in [0.25, 0.3) is 5.91 Å². The molecule has 1 heterocycles. The summed E-state index contributed by atoms with van der Waals surface area (Å²) in [7, 11) is 0. The third kappa shape index (κ3) is 4.21. The first-order chi connectivity index (χ1) is 10.6. The van der Waals surface area contributed by atoms with Gasteiger partial charge in [-0.05, 0) is 26.0 Å². The van der Waals surface area contributed by atoms with Crippen molar-refractivity contribution < 1.29 is 19.1 Å². The molecular weight excluding hydrogens is 284 g/mol. The van der Waals surface area contributed by atoms with E-state index >= 15 is 0 Å². The van der Waals surface area contributed by atoms with E-state index in [1.165, 1.54) is 0 Å². The van der Waals surface area contributed by atoms with Gasteiger partial charge in [-0.2, -0.15) is 0 Å². The number of benzene rings is 1. The molecule has 6 heteroatoms. The number of rotatable bonds is 5. The fraction of sp³-hybridized carbons (Fsp3) is 0.500. The topological polar surface area (TPSA) is 67.9 Å². The zero-order valence-electron chi connectivity index (χ0n) is 13.0. The molecule has 2 rings (SSSR count). The summed E-state index contributed by atoms with van der Waals surface area (Å²) < 4.78 is 10.8. The minimum absolute atomic E-state index is 0.0218. The molecule has 2 amide bonds.